The molecule has 1 aromatic rings. The molecule has 0 aliphatic carbocycles. The van der Waals surface area contributed by atoms with Crippen LogP contribution in [0.1, 0.15) is 61.9 Å². The minimum atomic E-state index is -0.302. The number of likely N-dealkylation sites (tertiary alicyclic amines) is 1. The molecular weight excluding hydrogens is 358 g/mol. The van der Waals surface area contributed by atoms with E-state index < -0.39 is 0 Å². The number of imide groups is 1. The second-order valence-electron chi connectivity index (χ2n) is 7.80. The van der Waals surface area contributed by atoms with Crippen LogP contribution in [-0.4, -0.2) is 57.9 Å². The molecule has 2 saturated heterocycles. The highest BCUT2D eigenvalue weighted by Crippen LogP contribution is 2.31. The molecule has 0 N–H and O–H groups in total. The average molecular weight is 385 g/mol. The van der Waals surface area contributed by atoms with Gasteiger partial charge in [0.05, 0.1) is 6.54 Å². The number of piperidine rings is 1. The molecule has 0 saturated carbocycles. The number of fused-ring (bicyclic) bond motifs is 1. The SMILES string of the molecule is CCN1CCC[C@H]1C(C)Oc1ccc2c(c1)CN(N1C(=O)CCCC1=O)C2=O. The van der Waals surface area contributed by atoms with Gasteiger partial charge in [-0.25, -0.2) is 5.01 Å². The molecule has 0 radical (unpaired) electrons. The van der Waals surface area contributed by atoms with E-state index in [1.165, 1.54) is 11.4 Å². The van der Waals surface area contributed by atoms with Crippen LogP contribution in [0.4, 0.5) is 0 Å². The summed E-state index contributed by atoms with van der Waals surface area (Å²) in [5.74, 6) is -0.182. The average Bonchev–Trinajstić information content (AvgIpc) is 3.27. The molecule has 1 aromatic carbocycles. The first-order valence-corrected chi connectivity index (χ1v) is 10.2. The number of nitrogens with zero attached hydrogens (tertiary/aromatic N) is 3. The minimum absolute atomic E-state index is 0.0546. The maximum atomic E-state index is 12.7. The molecule has 28 heavy (non-hydrogen) atoms. The zero-order chi connectivity index (χ0) is 19.8. The van der Waals surface area contributed by atoms with E-state index in [0.717, 1.165) is 35.8 Å². The van der Waals surface area contributed by atoms with Crippen LogP contribution in [0.3, 0.4) is 0 Å². The predicted molar refractivity (Wildman–Crippen MR) is 102 cm³/mol. The highest BCUT2D eigenvalue weighted by Gasteiger charge is 2.39. The van der Waals surface area contributed by atoms with E-state index in [4.69, 9.17) is 4.74 Å². The molecule has 2 atom stereocenters. The monoisotopic (exact) mass is 385 g/mol. The molecule has 0 bridgehead atoms. The predicted octanol–water partition coefficient (Wildman–Crippen LogP) is 2.35. The second kappa shape index (κ2) is 7.54. The molecule has 7 nitrogen and oxygen atoms in total. The Hall–Kier alpha value is -2.41. The van der Waals surface area contributed by atoms with Crippen LogP contribution in [0.5, 0.6) is 5.75 Å². The summed E-state index contributed by atoms with van der Waals surface area (Å²) < 4.78 is 6.19. The molecule has 2 fully saturated rings. The lowest BCUT2D eigenvalue weighted by molar-refractivity contribution is -0.163. The topological polar surface area (TPSA) is 70.2 Å². The number of rotatable bonds is 5. The van der Waals surface area contributed by atoms with Gasteiger partial charge in [-0.2, -0.15) is 5.01 Å². The number of hydrazine groups is 1. The lowest BCUT2D eigenvalue weighted by atomic mass is 10.1. The lowest BCUT2D eigenvalue weighted by Crippen LogP contribution is -2.51. The summed E-state index contributed by atoms with van der Waals surface area (Å²) in [5.41, 5.74) is 1.32. The van der Waals surface area contributed by atoms with Crippen molar-refractivity contribution in [2.45, 2.75) is 64.6 Å². The normalized spacial score (nSPS) is 24.1. The fourth-order valence-corrected chi connectivity index (χ4v) is 4.60. The Morgan fingerprint density at radius 2 is 1.89 bits per heavy atom. The summed E-state index contributed by atoms with van der Waals surface area (Å²) >= 11 is 0. The highest BCUT2D eigenvalue weighted by molar-refractivity contribution is 6.04. The Balaban J connectivity index is 1.49. The number of carbonyl (C=O) groups is 3. The van der Waals surface area contributed by atoms with Crippen LogP contribution >= 0.6 is 0 Å². The molecule has 3 aliphatic heterocycles. The molecule has 0 spiro atoms. The Morgan fingerprint density at radius 1 is 1.14 bits per heavy atom. The third kappa shape index (κ3) is 3.28. The second-order valence-corrected chi connectivity index (χ2v) is 7.80. The van der Waals surface area contributed by atoms with Crippen LogP contribution < -0.4 is 4.74 Å². The zero-order valence-corrected chi connectivity index (χ0v) is 16.5. The minimum Gasteiger partial charge on any atom is -0.489 e. The molecule has 4 rings (SSSR count). The van der Waals surface area contributed by atoms with Gasteiger partial charge in [0.15, 0.2) is 0 Å². The van der Waals surface area contributed by atoms with E-state index in [0.29, 0.717) is 30.9 Å². The van der Waals surface area contributed by atoms with E-state index in [2.05, 4.69) is 18.7 Å². The summed E-state index contributed by atoms with van der Waals surface area (Å²) in [4.78, 5) is 39.6. The Labute approximate surface area is 165 Å². The van der Waals surface area contributed by atoms with E-state index in [-0.39, 0.29) is 30.4 Å². The van der Waals surface area contributed by atoms with Crippen LogP contribution in [0.2, 0.25) is 0 Å². The van der Waals surface area contributed by atoms with Crippen molar-refractivity contribution in [2.24, 2.45) is 0 Å². The van der Waals surface area contributed by atoms with Crippen LogP contribution in [0.25, 0.3) is 0 Å². The van der Waals surface area contributed by atoms with Gasteiger partial charge in [-0.1, -0.05) is 6.92 Å². The van der Waals surface area contributed by atoms with Crippen LogP contribution in [0, 0.1) is 0 Å². The van der Waals surface area contributed by atoms with Crippen molar-refractivity contribution in [2.75, 3.05) is 13.1 Å². The number of likely N-dealkylation sites (N-methyl/N-ethyl adjacent to an activating group) is 1. The number of amides is 3. The maximum absolute atomic E-state index is 12.7. The maximum Gasteiger partial charge on any atom is 0.273 e. The number of ether oxygens (including phenoxy) is 1. The Kier molecular flexibility index (Phi) is 5.10. The molecule has 3 amide bonds. The highest BCUT2D eigenvalue weighted by atomic mass is 16.5. The fourth-order valence-electron chi connectivity index (χ4n) is 4.60. The van der Waals surface area contributed by atoms with Crippen molar-refractivity contribution in [1.29, 1.82) is 0 Å². The number of carbonyl (C=O) groups excluding carboxylic acids is 3. The summed E-state index contributed by atoms with van der Waals surface area (Å²) in [6.07, 6.45) is 3.53. The van der Waals surface area contributed by atoms with Crippen molar-refractivity contribution >= 4 is 17.7 Å². The van der Waals surface area contributed by atoms with Gasteiger partial charge in [-0.3, -0.25) is 19.3 Å². The first kappa shape index (κ1) is 18.9. The van der Waals surface area contributed by atoms with Gasteiger partial charge in [0, 0.05) is 24.4 Å². The third-order valence-corrected chi connectivity index (χ3v) is 6.04. The molecule has 0 aromatic heterocycles. The van der Waals surface area contributed by atoms with Crippen molar-refractivity contribution < 1.29 is 19.1 Å². The standard InChI is InChI=1S/C21H27N3O4/c1-3-22-11-5-6-18(22)14(2)28-16-9-10-17-15(12-16)13-23(21(17)27)24-19(25)7-4-8-20(24)26/h9-10,12,14,18H,3-8,11,13H2,1-2H3/t14?,18-/m0/s1. The van der Waals surface area contributed by atoms with Crippen LogP contribution in [0.15, 0.2) is 18.2 Å². The summed E-state index contributed by atoms with van der Waals surface area (Å²) in [6, 6.07) is 5.82. The van der Waals surface area contributed by atoms with Gasteiger partial charge >= 0.3 is 0 Å². The van der Waals surface area contributed by atoms with Gasteiger partial charge in [-0.05, 0) is 63.0 Å². The van der Waals surface area contributed by atoms with Crippen molar-refractivity contribution in [3.05, 3.63) is 29.3 Å². The van der Waals surface area contributed by atoms with Crippen molar-refractivity contribution in [3.8, 4) is 5.75 Å². The quantitative estimate of drug-likeness (QED) is 0.728. The molecule has 7 heteroatoms. The molecule has 3 aliphatic rings. The molecule has 1 unspecified atom stereocenters. The molecule has 150 valence electrons. The van der Waals surface area contributed by atoms with Gasteiger partial charge in [0.2, 0.25) is 11.8 Å². The summed E-state index contributed by atoms with van der Waals surface area (Å²) in [6.45, 7) is 6.62. The van der Waals surface area contributed by atoms with E-state index in [1.54, 1.807) is 6.07 Å². The van der Waals surface area contributed by atoms with E-state index in [9.17, 15) is 14.4 Å². The van der Waals surface area contributed by atoms with Crippen molar-refractivity contribution in [1.82, 2.24) is 14.9 Å². The third-order valence-electron chi connectivity index (χ3n) is 6.04. The summed E-state index contributed by atoms with van der Waals surface area (Å²) in [5, 5.41) is 2.31. The first-order chi connectivity index (χ1) is 13.5. The Bertz CT molecular complexity index is 793. The fraction of sp³-hybridized carbons (Fsp3) is 0.571. The lowest BCUT2D eigenvalue weighted by Gasteiger charge is -2.32. The van der Waals surface area contributed by atoms with Crippen LogP contribution in [-0.2, 0) is 16.1 Å². The largest absolute Gasteiger partial charge is 0.489 e. The first-order valence-electron chi connectivity index (χ1n) is 10.2. The number of hydrogen-bond acceptors (Lipinski definition) is 5. The molecular formula is C21H27N3O4. The van der Waals surface area contributed by atoms with E-state index >= 15 is 0 Å². The Morgan fingerprint density at radius 3 is 2.61 bits per heavy atom. The van der Waals surface area contributed by atoms with Crippen molar-refractivity contribution in [3.63, 3.8) is 0 Å². The van der Waals surface area contributed by atoms with Gasteiger partial charge in [0.1, 0.15) is 11.9 Å². The smallest absolute Gasteiger partial charge is 0.273 e. The van der Waals surface area contributed by atoms with Gasteiger partial charge in [0.25, 0.3) is 5.91 Å². The zero-order valence-electron chi connectivity index (χ0n) is 16.5. The molecule has 3 heterocycles. The summed E-state index contributed by atoms with van der Waals surface area (Å²) in [7, 11) is 0. The number of hydrogen-bond donors (Lipinski definition) is 0. The van der Waals surface area contributed by atoms with Gasteiger partial charge in [-0.15, -0.1) is 0 Å². The van der Waals surface area contributed by atoms with Gasteiger partial charge < -0.3 is 4.74 Å². The van der Waals surface area contributed by atoms with E-state index in [1.807, 2.05) is 12.1 Å². The number of benzene rings is 1.